The van der Waals surface area contributed by atoms with Gasteiger partial charge in [0.1, 0.15) is 17.0 Å². The number of aromatic nitrogens is 5. The molecule has 1 unspecified atom stereocenters. The van der Waals surface area contributed by atoms with Crippen LogP contribution in [0.15, 0.2) is 18.6 Å². The molecule has 0 aliphatic carbocycles. The van der Waals surface area contributed by atoms with E-state index >= 15 is 0 Å². The summed E-state index contributed by atoms with van der Waals surface area (Å²) >= 11 is 0. The van der Waals surface area contributed by atoms with Crippen LogP contribution in [0.2, 0.25) is 0 Å². The van der Waals surface area contributed by atoms with Crippen molar-refractivity contribution in [3.05, 3.63) is 35.5 Å². The number of carbonyl (C=O) groups excluding carboxylic acids is 1. The average molecular weight is 453 g/mol. The third kappa shape index (κ3) is 3.98. The molecule has 33 heavy (non-hydrogen) atoms. The Morgan fingerprint density at radius 3 is 2.82 bits per heavy atom. The molecule has 1 amide bonds. The number of anilines is 2. The fourth-order valence-corrected chi connectivity index (χ4v) is 4.47. The second kappa shape index (κ2) is 8.23. The fourth-order valence-electron chi connectivity index (χ4n) is 4.47. The molecule has 2 aliphatic rings. The maximum Gasteiger partial charge on any atom is 0.263 e. The van der Waals surface area contributed by atoms with E-state index in [2.05, 4.69) is 30.6 Å². The van der Waals surface area contributed by atoms with Crippen molar-refractivity contribution in [2.24, 2.45) is 0 Å². The van der Waals surface area contributed by atoms with Crippen molar-refractivity contribution in [3.8, 4) is 5.88 Å². The van der Waals surface area contributed by atoms with Crippen molar-refractivity contribution < 1.29 is 14.3 Å². The van der Waals surface area contributed by atoms with Crippen LogP contribution in [0.3, 0.4) is 0 Å². The molecule has 0 bridgehead atoms. The van der Waals surface area contributed by atoms with Gasteiger partial charge >= 0.3 is 0 Å². The molecule has 5 heterocycles. The standard InChI is InChI=1S/C22H28N8O3/c1-5-32-20-16(19(31)27-17-9-29-8-13(2)25-18(29)14(3)26-17)7-24-21(28-20)30-11-22(12-30)6-15(23-4)10-33-22/h7-9,15,23H,5-6,10-12H2,1-4H3,(H,27,31). The molecule has 1 atom stereocenters. The quantitative estimate of drug-likeness (QED) is 0.571. The van der Waals surface area contributed by atoms with Gasteiger partial charge in [-0.15, -0.1) is 0 Å². The number of hydrogen-bond acceptors (Lipinski definition) is 9. The number of ether oxygens (including phenoxy) is 2. The van der Waals surface area contributed by atoms with Crippen LogP contribution in [-0.4, -0.2) is 75.2 Å². The lowest BCUT2D eigenvalue weighted by Gasteiger charge is -2.47. The normalized spacial score (nSPS) is 19.2. The Balaban J connectivity index is 1.33. The van der Waals surface area contributed by atoms with E-state index in [0.29, 0.717) is 31.0 Å². The van der Waals surface area contributed by atoms with Crippen LogP contribution in [0.5, 0.6) is 5.88 Å². The van der Waals surface area contributed by atoms with Crippen LogP contribution < -0.4 is 20.3 Å². The van der Waals surface area contributed by atoms with E-state index in [4.69, 9.17) is 9.47 Å². The number of likely N-dealkylation sites (N-methyl/N-ethyl adjacent to an activating group) is 1. The summed E-state index contributed by atoms with van der Waals surface area (Å²) < 4.78 is 13.5. The third-order valence-corrected chi connectivity index (χ3v) is 6.09. The maximum atomic E-state index is 13.0. The van der Waals surface area contributed by atoms with Gasteiger partial charge < -0.3 is 29.4 Å². The van der Waals surface area contributed by atoms with Crippen molar-refractivity contribution in [2.75, 3.05) is 43.6 Å². The van der Waals surface area contributed by atoms with Crippen LogP contribution in [0.25, 0.3) is 5.65 Å². The van der Waals surface area contributed by atoms with Crippen molar-refractivity contribution in [1.82, 2.24) is 29.7 Å². The highest BCUT2D eigenvalue weighted by Crippen LogP contribution is 2.37. The van der Waals surface area contributed by atoms with Gasteiger partial charge in [-0.3, -0.25) is 4.79 Å². The van der Waals surface area contributed by atoms with E-state index in [0.717, 1.165) is 36.5 Å². The molecule has 11 heteroatoms. The van der Waals surface area contributed by atoms with Gasteiger partial charge in [-0.1, -0.05) is 0 Å². The summed E-state index contributed by atoms with van der Waals surface area (Å²) in [4.78, 5) is 32.9. The molecule has 3 aromatic rings. The zero-order valence-corrected chi connectivity index (χ0v) is 19.3. The first-order chi connectivity index (χ1) is 15.9. The smallest absolute Gasteiger partial charge is 0.263 e. The molecule has 174 valence electrons. The van der Waals surface area contributed by atoms with E-state index < -0.39 is 0 Å². The van der Waals surface area contributed by atoms with E-state index in [1.54, 1.807) is 6.20 Å². The second-order valence-electron chi connectivity index (χ2n) is 8.64. The molecule has 11 nitrogen and oxygen atoms in total. The summed E-state index contributed by atoms with van der Waals surface area (Å²) in [6.07, 6.45) is 6.09. The SMILES string of the molecule is CCOc1nc(N2CC3(CC(NC)CO3)C2)ncc1C(=O)Nc1cn2cc(C)nc2c(C)n1. The van der Waals surface area contributed by atoms with Gasteiger partial charge in [0.15, 0.2) is 5.65 Å². The van der Waals surface area contributed by atoms with Gasteiger partial charge in [0.05, 0.1) is 43.9 Å². The van der Waals surface area contributed by atoms with Gasteiger partial charge in [-0.2, -0.15) is 4.98 Å². The van der Waals surface area contributed by atoms with Crippen molar-refractivity contribution >= 4 is 23.3 Å². The topological polar surface area (TPSA) is 119 Å². The summed E-state index contributed by atoms with van der Waals surface area (Å²) in [7, 11) is 1.95. The lowest BCUT2D eigenvalue weighted by molar-refractivity contribution is -0.0191. The molecule has 5 rings (SSSR count). The number of nitrogens with zero attached hydrogens (tertiary/aromatic N) is 6. The average Bonchev–Trinajstić information content (AvgIpc) is 3.36. The Hall–Kier alpha value is -3.31. The number of nitrogens with one attached hydrogen (secondary N) is 2. The highest BCUT2D eigenvalue weighted by atomic mass is 16.5. The Morgan fingerprint density at radius 2 is 2.09 bits per heavy atom. The molecular weight excluding hydrogens is 424 g/mol. The summed E-state index contributed by atoms with van der Waals surface area (Å²) in [6, 6.07) is 0.376. The first-order valence-corrected chi connectivity index (χ1v) is 11.1. The molecule has 0 saturated carbocycles. The number of carbonyl (C=O) groups is 1. The Labute approximate surface area is 191 Å². The zero-order chi connectivity index (χ0) is 23.2. The molecule has 2 aliphatic heterocycles. The van der Waals surface area contributed by atoms with Crippen molar-refractivity contribution in [1.29, 1.82) is 0 Å². The lowest BCUT2D eigenvalue weighted by atomic mass is 9.90. The minimum absolute atomic E-state index is 0.146. The fraction of sp³-hybridized carbons (Fsp3) is 0.500. The molecule has 0 radical (unpaired) electrons. The summed E-state index contributed by atoms with van der Waals surface area (Å²) in [5.41, 5.74) is 2.46. The van der Waals surface area contributed by atoms with Crippen molar-refractivity contribution in [2.45, 2.75) is 38.8 Å². The van der Waals surface area contributed by atoms with Gasteiger partial charge in [0.2, 0.25) is 11.8 Å². The number of fused-ring (bicyclic) bond motifs is 1. The molecule has 2 saturated heterocycles. The Kier molecular flexibility index (Phi) is 5.37. The molecule has 0 aromatic carbocycles. The number of imidazole rings is 1. The summed E-state index contributed by atoms with van der Waals surface area (Å²) in [5, 5.41) is 6.10. The molecular formula is C22H28N8O3. The summed E-state index contributed by atoms with van der Waals surface area (Å²) in [5.74, 6) is 0.805. The molecule has 3 aromatic heterocycles. The van der Waals surface area contributed by atoms with Gasteiger partial charge in [-0.05, 0) is 34.2 Å². The highest BCUT2D eigenvalue weighted by molar-refractivity contribution is 6.05. The molecule has 2 N–H and O–H groups in total. The number of amides is 1. The number of rotatable bonds is 6. The third-order valence-electron chi connectivity index (χ3n) is 6.09. The van der Waals surface area contributed by atoms with Crippen LogP contribution in [-0.2, 0) is 4.74 Å². The van der Waals surface area contributed by atoms with Crippen LogP contribution in [0.4, 0.5) is 11.8 Å². The largest absolute Gasteiger partial charge is 0.477 e. The van der Waals surface area contributed by atoms with E-state index in [9.17, 15) is 4.79 Å². The van der Waals surface area contributed by atoms with Crippen LogP contribution in [0.1, 0.15) is 35.1 Å². The lowest BCUT2D eigenvalue weighted by Crippen LogP contribution is -2.62. The van der Waals surface area contributed by atoms with E-state index in [1.165, 1.54) is 6.20 Å². The minimum atomic E-state index is -0.385. The molecule has 1 spiro atoms. The minimum Gasteiger partial charge on any atom is -0.477 e. The second-order valence-corrected chi connectivity index (χ2v) is 8.64. The predicted octanol–water partition coefficient (Wildman–Crippen LogP) is 1.35. The monoisotopic (exact) mass is 452 g/mol. The van der Waals surface area contributed by atoms with Crippen LogP contribution in [0, 0.1) is 13.8 Å². The first kappa shape index (κ1) is 21.5. The van der Waals surface area contributed by atoms with Gasteiger partial charge in [0.25, 0.3) is 5.91 Å². The zero-order valence-electron chi connectivity index (χ0n) is 19.3. The molecule has 2 fully saturated rings. The number of hydrogen-bond donors (Lipinski definition) is 2. The highest BCUT2D eigenvalue weighted by Gasteiger charge is 2.50. The maximum absolute atomic E-state index is 13.0. The Bertz CT molecular complexity index is 1200. The van der Waals surface area contributed by atoms with E-state index in [1.807, 2.05) is 43.3 Å². The van der Waals surface area contributed by atoms with E-state index in [-0.39, 0.29) is 23.0 Å². The summed E-state index contributed by atoms with van der Waals surface area (Å²) in [6.45, 7) is 8.15. The first-order valence-electron chi connectivity index (χ1n) is 11.1. The Morgan fingerprint density at radius 1 is 1.27 bits per heavy atom. The van der Waals surface area contributed by atoms with Crippen molar-refractivity contribution in [3.63, 3.8) is 0 Å². The van der Waals surface area contributed by atoms with Gasteiger partial charge in [-0.25, -0.2) is 15.0 Å². The van der Waals surface area contributed by atoms with Crippen LogP contribution >= 0.6 is 0 Å². The number of aryl methyl sites for hydroxylation is 2. The van der Waals surface area contributed by atoms with Gasteiger partial charge in [0, 0.05) is 18.4 Å². The predicted molar refractivity (Wildman–Crippen MR) is 122 cm³/mol.